The molecule has 2 aromatic rings. The van der Waals surface area contributed by atoms with Gasteiger partial charge < -0.3 is 10.1 Å². The highest BCUT2D eigenvalue weighted by Gasteiger charge is 2.23. The van der Waals surface area contributed by atoms with Crippen molar-refractivity contribution in [3.8, 4) is 5.75 Å². The lowest BCUT2D eigenvalue weighted by atomic mass is 10.3. The zero-order valence-electron chi connectivity index (χ0n) is 13.4. The summed E-state index contributed by atoms with van der Waals surface area (Å²) >= 11 is 9.27. The number of carbonyl (C=O) groups is 1. The lowest BCUT2D eigenvalue weighted by Crippen LogP contribution is -2.41. The van der Waals surface area contributed by atoms with Crippen LogP contribution in [0.15, 0.2) is 51.8 Å². The van der Waals surface area contributed by atoms with Gasteiger partial charge in [-0.2, -0.15) is 4.72 Å². The van der Waals surface area contributed by atoms with Gasteiger partial charge >= 0.3 is 0 Å². The van der Waals surface area contributed by atoms with E-state index >= 15 is 0 Å². The van der Waals surface area contributed by atoms with Crippen LogP contribution in [0, 0.1) is 0 Å². The average Bonchev–Trinajstić information content (AvgIpc) is 2.56. The maximum Gasteiger partial charge on any atom is 0.242 e. The van der Waals surface area contributed by atoms with Crippen LogP contribution in [0.4, 0.5) is 5.69 Å². The van der Waals surface area contributed by atoms with E-state index in [4.69, 9.17) is 16.3 Å². The van der Waals surface area contributed by atoms with Crippen LogP contribution in [0.1, 0.15) is 6.92 Å². The first-order chi connectivity index (χ1) is 11.7. The zero-order valence-corrected chi connectivity index (χ0v) is 16.6. The maximum atomic E-state index is 12.4. The van der Waals surface area contributed by atoms with Gasteiger partial charge in [-0.25, -0.2) is 8.42 Å². The molecule has 0 aromatic heterocycles. The molecule has 134 valence electrons. The Hall–Kier alpha value is -1.61. The normalized spacial score (nSPS) is 12.5. The summed E-state index contributed by atoms with van der Waals surface area (Å²) in [5.41, 5.74) is 0.547. The number of methoxy groups -OCH3 is 1. The van der Waals surface area contributed by atoms with Gasteiger partial charge in [-0.05, 0) is 53.2 Å². The largest absolute Gasteiger partial charge is 0.495 e. The van der Waals surface area contributed by atoms with E-state index in [0.29, 0.717) is 15.9 Å². The Morgan fingerprint density at radius 1 is 1.24 bits per heavy atom. The number of para-hydroxylation sites is 1. The highest BCUT2D eigenvalue weighted by Crippen LogP contribution is 2.27. The second kappa shape index (κ2) is 8.18. The number of nitrogens with one attached hydrogen (secondary N) is 2. The van der Waals surface area contributed by atoms with E-state index in [0.717, 1.165) is 0 Å². The van der Waals surface area contributed by atoms with Gasteiger partial charge in [-0.15, -0.1) is 0 Å². The molecule has 1 atom stereocenters. The molecule has 2 rings (SSSR count). The molecule has 25 heavy (non-hydrogen) atoms. The minimum absolute atomic E-state index is 0.0566. The molecule has 0 spiro atoms. The molecule has 0 aliphatic heterocycles. The third-order valence-corrected chi connectivity index (χ3v) is 5.82. The van der Waals surface area contributed by atoms with Crippen LogP contribution in [-0.4, -0.2) is 27.5 Å². The Morgan fingerprint density at radius 2 is 1.92 bits per heavy atom. The summed E-state index contributed by atoms with van der Waals surface area (Å²) < 4.78 is 32.8. The van der Waals surface area contributed by atoms with Gasteiger partial charge in [-0.1, -0.05) is 23.7 Å². The highest BCUT2D eigenvalue weighted by molar-refractivity contribution is 9.10. The fourth-order valence-corrected chi connectivity index (χ4v) is 3.91. The number of benzene rings is 2. The van der Waals surface area contributed by atoms with Gasteiger partial charge in [0.2, 0.25) is 15.9 Å². The number of rotatable bonds is 6. The van der Waals surface area contributed by atoms with Crippen molar-refractivity contribution >= 4 is 49.1 Å². The topological polar surface area (TPSA) is 84.5 Å². The second-order valence-electron chi connectivity index (χ2n) is 5.11. The van der Waals surface area contributed by atoms with Crippen molar-refractivity contribution in [1.82, 2.24) is 4.72 Å². The van der Waals surface area contributed by atoms with Crippen LogP contribution >= 0.6 is 27.5 Å². The van der Waals surface area contributed by atoms with Crippen LogP contribution in [-0.2, 0) is 14.8 Å². The first-order valence-electron chi connectivity index (χ1n) is 7.16. The summed E-state index contributed by atoms with van der Waals surface area (Å²) in [6.07, 6.45) is 0. The van der Waals surface area contributed by atoms with E-state index in [1.165, 1.54) is 32.2 Å². The van der Waals surface area contributed by atoms with Crippen molar-refractivity contribution in [2.45, 2.75) is 17.9 Å². The van der Waals surface area contributed by atoms with Crippen molar-refractivity contribution in [3.05, 3.63) is 52.0 Å². The van der Waals surface area contributed by atoms with E-state index < -0.39 is 22.0 Å². The monoisotopic (exact) mass is 446 g/mol. The number of amides is 1. The van der Waals surface area contributed by atoms with E-state index in [9.17, 15) is 13.2 Å². The Labute approximate surface area is 159 Å². The molecule has 6 nitrogen and oxygen atoms in total. The summed E-state index contributed by atoms with van der Waals surface area (Å²) in [6, 6.07) is 10.1. The number of anilines is 1. The van der Waals surface area contributed by atoms with E-state index in [2.05, 4.69) is 26.0 Å². The molecule has 0 aliphatic rings. The molecule has 0 fully saturated rings. The van der Waals surface area contributed by atoms with Crippen LogP contribution < -0.4 is 14.8 Å². The molecule has 0 unspecified atom stereocenters. The van der Waals surface area contributed by atoms with Gasteiger partial charge in [0.1, 0.15) is 5.75 Å². The molecule has 0 radical (unpaired) electrons. The molecule has 0 saturated carbocycles. The maximum absolute atomic E-state index is 12.4. The molecule has 9 heteroatoms. The van der Waals surface area contributed by atoms with Gasteiger partial charge in [0, 0.05) is 4.47 Å². The van der Waals surface area contributed by atoms with Crippen LogP contribution in [0.5, 0.6) is 5.75 Å². The number of hydrogen-bond acceptors (Lipinski definition) is 4. The number of sulfonamides is 1. The Kier molecular flexibility index (Phi) is 6.45. The minimum atomic E-state index is -3.92. The predicted molar refractivity (Wildman–Crippen MR) is 101 cm³/mol. The quantitative estimate of drug-likeness (QED) is 0.711. The minimum Gasteiger partial charge on any atom is -0.495 e. The van der Waals surface area contributed by atoms with Crippen LogP contribution in [0.25, 0.3) is 0 Å². The van der Waals surface area contributed by atoms with Crippen molar-refractivity contribution in [3.63, 3.8) is 0 Å². The Morgan fingerprint density at radius 3 is 2.52 bits per heavy atom. The van der Waals surface area contributed by atoms with Gasteiger partial charge in [0.15, 0.2) is 0 Å². The molecule has 2 N–H and O–H groups in total. The summed E-state index contributed by atoms with van der Waals surface area (Å²) in [4.78, 5) is 12.2. The molecule has 0 heterocycles. The molecule has 0 saturated heterocycles. The lowest BCUT2D eigenvalue weighted by Gasteiger charge is -2.15. The SMILES string of the molecule is COc1ccc(S(=O)(=O)N[C@@H](C)C(=O)Nc2ccccc2Br)cc1Cl. The molecular weight excluding hydrogens is 432 g/mol. The molecule has 0 bridgehead atoms. The van der Waals surface area contributed by atoms with Crippen molar-refractivity contribution in [1.29, 1.82) is 0 Å². The fraction of sp³-hybridized carbons (Fsp3) is 0.188. The van der Waals surface area contributed by atoms with Gasteiger partial charge in [0.25, 0.3) is 0 Å². The fourth-order valence-electron chi connectivity index (χ4n) is 1.97. The smallest absolute Gasteiger partial charge is 0.242 e. The zero-order chi connectivity index (χ0) is 18.6. The van der Waals surface area contributed by atoms with E-state index in [-0.39, 0.29) is 9.92 Å². The summed E-state index contributed by atoms with van der Waals surface area (Å²) in [5, 5.41) is 2.82. The highest BCUT2D eigenvalue weighted by atomic mass is 79.9. The second-order valence-corrected chi connectivity index (χ2v) is 8.08. The Balaban J connectivity index is 2.12. The van der Waals surface area contributed by atoms with Gasteiger partial charge in [0.05, 0.1) is 28.8 Å². The van der Waals surface area contributed by atoms with Crippen LogP contribution in [0.3, 0.4) is 0 Å². The first-order valence-corrected chi connectivity index (χ1v) is 9.81. The van der Waals surface area contributed by atoms with Crippen molar-refractivity contribution < 1.29 is 17.9 Å². The van der Waals surface area contributed by atoms with Gasteiger partial charge in [-0.3, -0.25) is 4.79 Å². The predicted octanol–water partition coefficient (Wildman–Crippen LogP) is 3.42. The van der Waals surface area contributed by atoms with E-state index in [1.807, 2.05) is 0 Å². The number of ether oxygens (including phenoxy) is 1. The standard InChI is InChI=1S/C16H16BrClN2O4S/c1-10(16(21)19-14-6-4-3-5-12(14)17)20-25(22,23)11-7-8-15(24-2)13(18)9-11/h3-10,20H,1-2H3,(H,19,21)/t10-/m0/s1. The first kappa shape index (κ1) is 19.7. The number of hydrogen-bond donors (Lipinski definition) is 2. The molecular formula is C16H16BrClN2O4S. The van der Waals surface area contributed by atoms with Crippen molar-refractivity contribution in [2.24, 2.45) is 0 Å². The molecule has 2 aromatic carbocycles. The average molecular weight is 448 g/mol. The summed E-state index contributed by atoms with van der Waals surface area (Å²) in [6.45, 7) is 1.45. The third kappa shape index (κ3) is 4.94. The van der Waals surface area contributed by atoms with E-state index in [1.54, 1.807) is 24.3 Å². The molecule has 0 aliphatic carbocycles. The lowest BCUT2D eigenvalue weighted by molar-refractivity contribution is -0.117. The number of halogens is 2. The van der Waals surface area contributed by atoms with Crippen LogP contribution in [0.2, 0.25) is 5.02 Å². The summed E-state index contributed by atoms with van der Waals surface area (Å²) in [7, 11) is -2.48. The molecule has 1 amide bonds. The summed E-state index contributed by atoms with van der Waals surface area (Å²) in [5.74, 6) is -0.129. The number of carbonyl (C=O) groups excluding carboxylic acids is 1. The van der Waals surface area contributed by atoms with Crippen molar-refractivity contribution in [2.75, 3.05) is 12.4 Å². The Bertz CT molecular complexity index is 889. The third-order valence-electron chi connectivity index (χ3n) is 3.29.